The predicted molar refractivity (Wildman–Crippen MR) is 200 cm³/mol. The van der Waals surface area contributed by atoms with Gasteiger partial charge in [-0.1, -0.05) is 147 Å². The van der Waals surface area contributed by atoms with E-state index in [2.05, 4.69) is 43.5 Å². The van der Waals surface area contributed by atoms with Crippen molar-refractivity contribution in [1.82, 2.24) is 10.2 Å². The lowest BCUT2D eigenvalue weighted by Crippen LogP contribution is -2.46. The molecule has 0 aromatic heterocycles. The summed E-state index contributed by atoms with van der Waals surface area (Å²) in [5, 5.41) is 3.10. The maximum absolute atomic E-state index is 12.9. The Morgan fingerprint density at radius 3 is 1.43 bits per heavy atom. The molecule has 0 aromatic rings. The number of hydrogen-bond acceptors (Lipinski definition) is 3. The van der Waals surface area contributed by atoms with Gasteiger partial charge >= 0.3 is 0 Å². The fourth-order valence-electron chi connectivity index (χ4n) is 6.59. The Balaban J connectivity index is 2.01. The fraction of sp³-hybridized carbons (Fsp3) is 0.854. The summed E-state index contributed by atoms with van der Waals surface area (Å²) < 4.78 is 0. The van der Waals surface area contributed by atoms with Crippen molar-refractivity contribution < 1.29 is 9.59 Å². The summed E-state index contributed by atoms with van der Waals surface area (Å²) in [5.74, 6) is 0.0848. The van der Waals surface area contributed by atoms with Gasteiger partial charge in [0, 0.05) is 25.6 Å². The van der Waals surface area contributed by atoms with Crippen molar-refractivity contribution in [2.75, 3.05) is 13.1 Å². The van der Waals surface area contributed by atoms with Crippen LogP contribution >= 0.6 is 0 Å². The normalized spacial score (nSPS) is 16.7. The minimum atomic E-state index is -0.389. The molecule has 1 aliphatic heterocycles. The van der Waals surface area contributed by atoms with Crippen LogP contribution < -0.4 is 11.1 Å². The Morgan fingerprint density at radius 1 is 0.587 bits per heavy atom. The van der Waals surface area contributed by atoms with Crippen molar-refractivity contribution in [2.24, 2.45) is 5.73 Å². The van der Waals surface area contributed by atoms with Crippen LogP contribution in [0.1, 0.15) is 200 Å². The highest BCUT2D eigenvalue weighted by Gasteiger charge is 2.37. The number of nitrogens with one attached hydrogen (secondary N) is 1. The zero-order chi connectivity index (χ0) is 33.3. The average Bonchev–Trinajstić information content (AvgIpc) is 3.46. The second kappa shape index (κ2) is 32.0. The highest BCUT2D eigenvalue weighted by molar-refractivity contribution is 5.88. The summed E-state index contributed by atoms with van der Waals surface area (Å²) in [7, 11) is 0. The van der Waals surface area contributed by atoms with Crippen LogP contribution in [0.3, 0.4) is 0 Å². The maximum atomic E-state index is 12.9. The average molecular weight is 644 g/mol. The van der Waals surface area contributed by atoms with Crippen LogP contribution in [-0.4, -0.2) is 41.9 Å². The maximum Gasteiger partial charge on any atom is 0.242 e. The first-order chi connectivity index (χ1) is 22.6. The zero-order valence-corrected chi connectivity index (χ0v) is 30.7. The minimum absolute atomic E-state index is 0.0152. The molecule has 46 heavy (non-hydrogen) atoms. The molecule has 1 aliphatic rings. The quantitative estimate of drug-likeness (QED) is 0.0566. The SMILES string of the molecule is CCCCCCCCC=CCCCCCCCCNC(=O)C1CC(N)CN1C(=O)CCCCCCCC=CCCCCCCCC. The van der Waals surface area contributed by atoms with Crippen LogP contribution in [0.2, 0.25) is 0 Å². The first kappa shape index (κ1) is 42.4. The van der Waals surface area contributed by atoms with Crippen LogP contribution in [0.5, 0.6) is 0 Å². The van der Waals surface area contributed by atoms with Gasteiger partial charge in [0.2, 0.25) is 11.8 Å². The van der Waals surface area contributed by atoms with Gasteiger partial charge in [0.1, 0.15) is 6.04 Å². The zero-order valence-electron chi connectivity index (χ0n) is 30.7. The molecule has 1 saturated heterocycles. The van der Waals surface area contributed by atoms with E-state index in [-0.39, 0.29) is 23.9 Å². The predicted octanol–water partition coefficient (Wildman–Crippen LogP) is 11.1. The van der Waals surface area contributed by atoms with Gasteiger partial charge in [-0.3, -0.25) is 9.59 Å². The molecular weight excluding hydrogens is 566 g/mol. The molecule has 1 fully saturated rings. The topological polar surface area (TPSA) is 75.4 Å². The van der Waals surface area contributed by atoms with Gasteiger partial charge in [0.05, 0.1) is 0 Å². The Hall–Kier alpha value is -1.62. The second-order valence-corrected chi connectivity index (χ2v) is 14.1. The molecule has 0 saturated carbocycles. The van der Waals surface area contributed by atoms with Gasteiger partial charge in [-0.25, -0.2) is 0 Å². The summed E-state index contributed by atoms with van der Waals surface area (Å²) in [6.07, 6.45) is 44.7. The number of carbonyl (C=O) groups excluding carboxylic acids is 2. The third-order valence-electron chi connectivity index (χ3n) is 9.60. The Bertz CT molecular complexity index is 765. The van der Waals surface area contributed by atoms with Crippen molar-refractivity contribution in [3.8, 4) is 0 Å². The summed E-state index contributed by atoms with van der Waals surface area (Å²) in [5.41, 5.74) is 6.19. The molecule has 2 amide bonds. The van der Waals surface area contributed by atoms with E-state index >= 15 is 0 Å². The highest BCUT2D eigenvalue weighted by Crippen LogP contribution is 2.20. The first-order valence-corrected chi connectivity index (χ1v) is 20.2. The number of nitrogens with two attached hydrogens (primary N) is 1. The van der Waals surface area contributed by atoms with Gasteiger partial charge in [0.25, 0.3) is 0 Å². The van der Waals surface area contributed by atoms with E-state index in [1.54, 1.807) is 4.90 Å². The van der Waals surface area contributed by atoms with Crippen molar-refractivity contribution in [3.05, 3.63) is 24.3 Å². The lowest BCUT2D eigenvalue weighted by molar-refractivity contribution is -0.138. The van der Waals surface area contributed by atoms with Crippen LogP contribution in [-0.2, 0) is 9.59 Å². The molecule has 2 atom stereocenters. The van der Waals surface area contributed by atoms with E-state index in [0.29, 0.717) is 25.9 Å². The van der Waals surface area contributed by atoms with Crippen molar-refractivity contribution in [3.63, 3.8) is 0 Å². The third-order valence-corrected chi connectivity index (χ3v) is 9.60. The van der Waals surface area contributed by atoms with E-state index in [1.807, 2.05) is 0 Å². The second-order valence-electron chi connectivity index (χ2n) is 14.1. The van der Waals surface area contributed by atoms with Crippen LogP contribution in [0.25, 0.3) is 0 Å². The third kappa shape index (κ3) is 24.5. The smallest absolute Gasteiger partial charge is 0.242 e. The van der Waals surface area contributed by atoms with Gasteiger partial charge < -0.3 is 16.0 Å². The van der Waals surface area contributed by atoms with E-state index in [1.165, 1.54) is 148 Å². The number of carbonyl (C=O) groups is 2. The lowest BCUT2D eigenvalue weighted by atomic mass is 10.1. The molecule has 1 heterocycles. The summed E-state index contributed by atoms with van der Waals surface area (Å²) in [6, 6.07) is -0.487. The number of unbranched alkanes of at least 4 members (excludes halogenated alkanes) is 23. The van der Waals surface area contributed by atoms with Gasteiger partial charge in [-0.15, -0.1) is 0 Å². The number of hydrogen-bond donors (Lipinski definition) is 2. The summed E-state index contributed by atoms with van der Waals surface area (Å²) in [6.45, 7) is 5.75. The molecule has 5 nitrogen and oxygen atoms in total. The molecule has 3 N–H and O–H groups in total. The minimum Gasteiger partial charge on any atom is -0.354 e. The molecule has 5 heteroatoms. The largest absolute Gasteiger partial charge is 0.354 e. The number of rotatable bonds is 32. The summed E-state index contributed by atoms with van der Waals surface area (Å²) >= 11 is 0. The number of allylic oxidation sites excluding steroid dienone is 4. The number of amides is 2. The standard InChI is InChI=1S/C41H77N3O2/c1-3-5-7-9-11-13-15-17-19-21-23-25-27-29-31-33-35-43-41(46)39-36-38(42)37-44(39)40(45)34-32-30-28-26-24-22-20-18-16-14-12-10-8-6-4-2/h17-20,38-39H,3-16,21-37,42H2,1-2H3,(H,43,46). The lowest BCUT2D eigenvalue weighted by Gasteiger charge is -2.24. The van der Waals surface area contributed by atoms with E-state index in [0.717, 1.165) is 25.7 Å². The Labute approximate surface area is 286 Å². The van der Waals surface area contributed by atoms with Gasteiger partial charge in [-0.2, -0.15) is 0 Å². The van der Waals surface area contributed by atoms with Gasteiger partial charge in [0.15, 0.2) is 0 Å². The molecular formula is C41H77N3O2. The molecule has 0 spiro atoms. The van der Waals surface area contributed by atoms with E-state index in [4.69, 9.17) is 5.73 Å². The van der Waals surface area contributed by atoms with Crippen molar-refractivity contribution in [1.29, 1.82) is 0 Å². The van der Waals surface area contributed by atoms with Crippen molar-refractivity contribution in [2.45, 2.75) is 212 Å². The molecule has 268 valence electrons. The summed E-state index contributed by atoms with van der Waals surface area (Å²) in [4.78, 5) is 27.6. The Morgan fingerprint density at radius 2 is 0.978 bits per heavy atom. The molecule has 0 aromatic carbocycles. The molecule has 1 rings (SSSR count). The molecule has 0 bridgehead atoms. The molecule has 0 radical (unpaired) electrons. The first-order valence-electron chi connectivity index (χ1n) is 20.2. The fourth-order valence-corrected chi connectivity index (χ4v) is 6.59. The van der Waals surface area contributed by atoms with E-state index < -0.39 is 0 Å². The monoisotopic (exact) mass is 644 g/mol. The number of nitrogens with zero attached hydrogens (tertiary/aromatic N) is 1. The molecule has 0 aliphatic carbocycles. The van der Waals surface area contributed by atoms with Crippen LogP contribution in [0, 0.1) is 0 Å². The molecule has 2 unspecified atom stereocenters. The number of likely N-dealkylation sites (tertiary alicyclic amines) is 1. The van der Waals surface area contributed by atoms with E-state index in [9.17, 15) is 9.59 Å². The van der Waals surface area contributed by atoms with Crippen molar-refractivity contribution >= 4 is 11.8 Å². The highest BCUT2D eigenvalue weighted by atomic mass is 16.2. The van der Waals surface area contributed by atoms with Gasteiger partial charge in [-0.05, 0) is 70.6 Å². The van der Waals surface area contributed by atoms with Crippen LogP contribution in [0.4, 0.5) is 0 Å². The Kier molecular flexibility index (Phi) is 29.5. The van der Waals surface area contributed by atoms with Crippen LogP contribution in [0.15, 0.2) is 24.3 Å².